The molecule has 1 amide bonds. The molecule has 8 nitrogen and oxygen atoms in total. The Morgan fingerprint density at radius 2 is 2.00 bits per heavy atom. The molecule has 3 N–H and O–H groups in total. The zero-order valence-corrected chi connectivity index (χ0v) is 12.2. The summed E-state index contributed by atoms with van der Waals surface area (Å²) in [4.78, 5) is 24.1. The van der Waals surface area contributed by atoms with Crippen molar-refractivity contribution < 1.29 is 4.79 Å². The van der Waals surface area contributed by atoms with E-state index in [0.717, 1.165) is 5.56 Å². The number of anilines is 2. The van der Waals surface area contributed by atoms with Crippen molar-refractivity contribution in [3.05, 3.63) is 49.1 Å². The van der Waals surface area contributed by atoms with Crippen molar-refractivity contribution in [1.82, 2.24) is 25.1 Å². The summed E-state index contributed by atoms with van der Waals surface area (Å²) in [5, 5.41) is 12.4. The maximum atomic E-state index is 12.0. The molecule has 1 aromatic carbocycles. The summed E-state index contributed by atoms with van der Waals surface area (Å²) < 4.78 is 0. The Labute approximate surface area is 132 Å². The molecule has 2 aromatic heterocycles. The molecule has 0 fully saturated rings. The number of nitrogens with one attached hydrogen (secondary N) is 3. The van der Waals surface area contributed by atoms with Gasteiger partial charge in [0.05, 0.1) is 0 Å². The minimum Gasteiger partial charge on any atom is -0.354 e. The third-order valence-electron chi connectivity index (χ3n) is 3.04. The highest BCUT2D eigenvalue weighted by Gasteiger charge is 2.05. The number of aromatic amines is 1. The third kappa shape index (κ3) is 4.10. The molecule has 8 heteroatoms. The maximum Gasteiger partial charge on any atom is 0.226 e. The van der Waals surface area contributed by atoms with Gasteiger partial charge in [0.2, 0.25) is 11.9 Å². The molecule has 116 valence electrons. The highest BCUT2D eigenvalue weighted by Crippen LogP contribution is 2.18. The first-order valence-electron chi connectivity index (χ1n) is 7.08. The van der Waals surface area contributed by atoms with E-state index in [1.165, 1.54) is 6.33 Å². The number of carbonyl (C=O) groups excluding carboxylic acids is 1. The molecule has 23 heavy (non-hydrogen) atoms. The number of amides is 1. The first kappa shape index (κ1) is 14.6. The summed E-state index contributed by atoms with van der Waals surface area (Å²) in [5.41, 5.74) is 1.57. The topological polar surface area (TPSA) is 108 Å². The Kier molecular flexibility index (Phi) is 4.53. The van der Waals surface area contributed by atoms with Crippen LogP contribution < -0.4 is 10.6 Å². The normalized spacial score (nSPS) is 10.3. The molecule has 0 aliphatic carbocycles. The van der Waals surface area contributed by atoms with Crippen LogP contribution in [-0.2, 0) is 4.79 Å². The van der Waals surface area contributed by atoms with Gasteiger partial charge in [0.15, 0.2) is 5.82 Å². The van der Waals surface area contributed by atoms with Crippen molar-refractivity contribution in [3.8, 4) is 11.4 Å². The molecule has 3 rings (SSSR count). The number of benzene rings is 1. The second-order valence-electron chi connectivity index (χ2n) is 4.71. The van der Waals surface area contributed by atoms with Gasteiger partial charge in [-0.1, -0.05) is 12.1 Å². The molecule has 0 saturated carbocycles. The molecular weight excluding hydrogens is 294 g/mol. The Bertz CT molecular complexity index is 759. The smallest absolute Gasteiger partial charge is 0.226 e. The van der Waals surface area contributed by atoms with Gasteiger partial charge in [-0.15, -0.1) is 0 Å². The molecule has 0 bridgehead atoms. The van der Waals surface area contributed by atoms with Gasteiger partial charge in [-0.2, -0.15) is 5.10 Å². The van der Waals surface area contributed by atoms with Crippen LogP contribution in [0.25, 0.3) is 11.4 Å². The van der Waals surface area contributed by atoms with E-state index in [-0.39, 0.29) is 5.91 Å². The average molecular weight is 309 g/mol. The lowest BCUT2D eigenvalue weighted by atomic mass is 10.2. The highest BCUT2D eigenvalue weighted by atomic mass is 16.1. The number of carbonyl (C=O) groups is 1. The Balaban J connectivity index is 1.53. The quantitative estimate of drug-likeness (QED) is 0.639. The highest BCUT2D eigenvalue weighted by molar-refractivity contribution is 5.91. The van der Waals surface area contributed by atoms with Crippen LogP contribution in [0.1, 0.15) is 6.42 Å². The van der Waals surface area contributed by atoms with Crippen LogP contribution in [0.5, 0.6) is 0 Å². The van der Waals surface area contributed by atoms with E-state index in [1.54, 1.807) is 18.5 Å². The molecule has 0 saturated heterocycles. The summed E-state index contributed by atoms with van der Waals surface area (Å²) in [6, 6.07) is 9.14. The lowest BCUT2D eigenvalue weighted by molar-refractivity contribution is -0.115. The van der Waals surface area contributed by atoms with Crippen molar-refractivity contribution in [2.45, 2.75) is 6.42 Å². The number of aromatic nitrogens is 5. The lowest BCUT2D eigenvalue weighted by Crippen LogP contribution is -2.16. The van der Waals surface area contributed by atoms with Crippen LogP contribution in [0.15, 0.2) is 49.1 Å². The Morgan fingerprint density at radius 1 is 1.13 bits per heavy atom. The number of H-pyrrole nitrogens is 1. The second-order valence-corrected chi connectivity index (χ2v) is 4.71. The molecule has 0 spiro atoms. The second kappa shape index (κ2) is 7.12. The SMILES string of the molecule is O=C(CCNc1ncccn1)Nc1cccc(-c2ncn[nH]2)c1. The fourth-order valence-corrected chi connectivity index (χ4v) is 1.99. The molecule has 2 heterocycles. The summed E-state index contributed by atoms with van der Waals surface area (Å²) in [6.45, 7) is 0.456. The predicted octanol–water partition coefficient (Wildman–Crippen LogP) is 1.70. The third-order valence-corrected chi connectivity index (χ3v) is 3.04. The van der Waals surface area contributed by atoms with Crippen LogP contribution in [0.2, 0.25) is 0 Å². The van der Waals surface area contributed by atoms with Crippen molar-refractivity contribution in [3.63, 3.8) is 0 Å². The van der Waals surface area contributed by atoms with E-state index < -0.39 is 0 Å². The van der Waals surface area contributed by atoms with E-state index in [0.29, 0.717) is 30.4 Å². The van der Waals surface area contributed by atoms with Gasteiger partial charge in [-0.3, -0.25) is 9.89 Å². The fourth-order valence-electron chi connectivity index (χ4n) is 1.99. The van der Waals surface area contributed by atoms with Crippen LogP contribution in [-0.4, -0.2) is 37.6 Å². The van der Waals surface area contributed by atoms with Crippen molar-refractivity contribution in [2.24, 2.45) is 0 Å². The average Bonchev–Trinajstić information content (AvgIpc) is 3.11. The lowest BCUT2D eigenvalue weighted by Gasteiger charge is -2.07. The van der Waals surface area contributed by atoms with Crippen molar-refractivity contribution in [2.75, 3.05) is 17.2 Å². The molecule has 0 aliphatic heterocycles. The van der Waals surface area contributed by atoms with E-state index in [1.807, 2.05) is 24.3 Å². The summed E-state index contributed by atoms with van der Waals surface area (Å²) in [5.74, 6) is 1.07. The minimum absolute atomic E-state index is 0.0943. The summed E-state index contributed by atoms with van der Waals surface area (Å²) in [6.07, 6.45) is 5.04. The molecule has 0 atom stereocenters. The molecule has 0 unspecified atom stereocenters. The van der Waals surface area contributed by atoms with Gasteiger partial charge in [-0.05, 0) is 18.2 Å². The Morgan fingerprint density at radius 3 is 2.78 bits per heavy atom. The van der Waals surface area contributed by atoms with Gasteiger partial charge in [0.1, 0.15) is 6.33 Å². The van der Waals surface area contributed by atoms with Crippen LogP contribution in [0.3, 0.4) is 0 Å². The van der Waals surface area contributed by atoms with Gasteiger partial charge in [0.25, 0.3) is 0 Å². The first-order chi connectivity index (χ1) is 11.3. The minimum atomic E-state index is -0.0943. The number of nitrogens with zero attached hydrogens (tertiary/aromatic N) is 4. The fraction of sp³-hybridized carbons (Fsp3) is 0.133. The molecule has 0 aliphatic rings. The van der Waals surface area contributed by atoms with Gasteiger partial charge in [-0.25, -0.2) is 15.0 Å². The van der Waals surface area contributed by atoms with E-state index >= 15 is 0 Å². The molecular formula is C15H15N7O. The van der Waals surface area contributed by atoms with Crippen LogP contribution >= 0.6 is 0 Å². The first-order valence-corrected chi connectivity index (χ1v) is 7.08. The van der Waals surface area contributed by atoms with Gasteiger partial charge < -0.3 is 10.6 Å². The van der Waals surface area contributed by atoms with Gasteiger partial charge >= 0.3 is 0 Å². The Hall–Kier alpha value is -3.29. The van der Waals surface area contributed by atoms with E-state index in [9.17, 15) is 4.79 Å². The van der Waals surface area contributed by atoms with Crippen molar-refractivity contribution in [1.29, 1.82) is 0 Å². The van der Waals surface area contributed by atoms with E-state index in [4.69, 9.17) is 0 Å². The maximum absolute atomic E-state index is 12.0. The zero-order chi connectivity index (χ0) is 15.9. The van der Waals surface area contributed by atoms with Crippen LogP contribution in [0, 0.1) is 0 Å². The van der Waals surface area contributed by atoms with Crippen molar-refractivity contribution >= 4 is 17.5 Å². The van der Waals surface area contributed by atoms with Crippen LogP contribution in [0.4, 0.5) is 11.6 Å². The summed E-state index contributed by atoms with van der Waals surface area (Å²) >= 11 is 0. The molecule has 0 radical (unpaired) electrons. The van der Waals surface area contributed by atoms with Gasteiger partial charge in [0, 0.05) is 36.6 Å². The van der Waals surface area contributed by atoms with E-state index in [2.05, 4.69) is 35.8 Å². The number of rotatable bonds is 6. The summed E-state index contributed by atoms with van der Waals surface area (Å²) in [7, 11) is 0. The largest absolute Gasteiger partial charge is 0.354 e. The predicted molar refractivity (Wildman–Crippen MR) is 85.6 cm³/mol. The standard InChI is InChI=1S/C15H15N7O/c23-13(5-8-18-15-16-6-2-7-17-15)21-12-4-1-3-11(9-12)14-19-10-20-22-14/h1-4,6-7,9-10H,5,8H2,(H,21,23)(H,16,17,18)(H,19,20,22). The number of hydrogen-bond acceptors (Lipinski definition) is 6. The monoisotopic (exact) mass is 309 g/mol. The molecule has 3 aromatic rings. The number of hydrogen-bond donors (Lipinski definition) is 3. The zero-order valence-electron chi connectivity index (χ0n) is 12.2.